The van der Waals surface area contributed by atoms with Crippen LogP contribution in [0.5, 0.6) is 0 Å². The van der Waals surface area contributed by atoms with Crippen LogP contribution in [0.25, 0.3) is 0 Å². The SMILES string of the molecule is CCC[CH2][Sn]([CH2]CCC)[CH2]CCC.CN1[B]N(C)c2ccccc21. The summed E-state index contributed by atoms with van der Waals surface area (Å²) in [7, 11) is 6.19. The summed E-state index contributed by atoms with van der Waals surface area (Å²) in [4.78, 5) is 4.24. The quantitative estimate of drug-likeness (QED) is 0.440. The second-order valence-corrected chi connectivity index (χ2v) is 15.4. The Morgan fingerprint density at radius 3 is 1.46 bits per heavy atom. The van der Waals surface area contributed by atoms with Gasteiger partial charge in [-0.15, -0.1) is 0 Å². The van der Waals surface area contributed by atoms with Crippen molar-refractivity contribution in [1.82, 2.24) is 0 Å². The molecule has 1 heterocycles. The van der Waals surface area contributed by atoms with Crippen LogP contribution in [-0.4, -0.2) is 41.4 Å². The number of unbranched alkanes of at least 4 members (excludes halogenated alkanes) is 3. The van der Waals surface area contributed by atoms with E-state index in [4.69, 9.17) is 0 Å². The summed E-state index contributed by atoms with van der Waals surface area (Å²) in [5.41, 5.74) is 2.55. The van der Waals surface area contributed by atoms with Gasteiger partial charge in [0.25, 0.3) is 0 Å². The maximum Gasteiger partial charge on any atom is 0.391 e. The van der Waals surface area contributed by atoms with Crippen LogP contribution in [0.2, 0.25) is 13.3 Å². The van der Waals surface area contributed by atoms with E-state index >= 15 is 0 Å². The second-order valence-electron chi connectivity index (χ2n) is 6.89. The number of hydrogen-bond acceptors (Lipinski definition) is 2. The van der Waals surface area contributed by atoms with Crippen LogP contribution in [0.3, 0.4) is 0 Å². The van der Waals surface area contributed by atoms with Gasteiger partial charge < -0.3 is 9.62 Å². The first-order valence-electron chi connectivity index (χ1n) is 9.87. The van der Waals surface area contributed by atoms with E-state index in [1.807, 2.05) is 0 Å². The maximum absolute atomic E-state index is 2.33. The number of fused-ring (bicyclic) bond motifs is 1. The molecule has 24 heavy (non-hydrogen) atoms. The summed E-state index contributed by atoms with van der Waals surface area (Å²) >= 11 is -0.839. The molecule has 0 aromatic heterocycles. The Kier molecular flexibility index (Phi) is 11.7. The molecule has 1 aliphatic rings. The zero-order chi connectivity index (χ0) is 17.8. The van der Waals surface area contributed by atoms with Crippen molar-refractivity contribution in [2.75, 3.05) is 23.7 Å². The van der Waals surface area contributed by atoms with Gasteiger partial charge in [-0.05, 0) is 26.2 Å². The molecule has 1 aromatic rings. The average molecular weight is 435 g/mol. The molecule has 2 rings (SSSR count). The monoisotopic (exact) mass is 436 g/mol. The van der Waals surface area contributed by atoms with E-state index in [1.165, 1.54) is 49.9 Å². The molecule has 2 radical (unpaired) electrons. The van der Waals surface area contributed by atoms with Crippen molar-refractivity contribution in [2.45, 2.75) is 72.6 Å². The minimum absolute atomic E-state index is 0.839. The van der Waals surface area contributed by atoms with Crippen LogP contribution < -0.4 is 9.62 Å². The Morgan fingerprint density at radius 2 is 1.12 bits per heavy atom. The van der Waals surface area contributed by atoms with Gasteiger partial charge in [0.05, 0.1) is 0 Å². The summed E-state index contributed by atoms with van der Waals surface area (Å²) in [6.45, 7) is 7.00. The van der Waals surface area contributed by atoms with Crippen LogP contribution in [0, 0.1) is 0 Å². The molecular weight excluding hydrogens is 398 g/mol. The van der Waals surface area contributed by atoms with Gasteiger partial charge in [-0.25, -0.2) is 0 Å². The van der Waals surface area contributed by atoms with Crippen LogP contribution in [-0.2, 0) is 0 Å². The smallest absolute Gasteiger partial charge is 0.391 e. The average Bonchev–Trinajstić information content (AvgIpc) is 2.90. The van der Waals surface area contributed by atoms with E-state index in [0.717, 1.165) is 0 Å². The number of benzene rings is 1. The molecular formula is C20H37BN2Sn. The fraction of sp³-hybridized carbons (Fsp3) is 0.700. The van der Waals surface area contributed by atoms with Crippen molar-refractivity contribution < 1.29 is 0 Å². The molecule has 1 aromatic carbocycles. The van der Waals surface area contributed by atoms with Crippen molar-refractivity contribution in [3.63, 3.8) is 0 Å². The van der Waals surface area contributed by atoms with Crippen LogP contribution >= 0.6 is 0 Å². The van der Waals surface area contributed by atoms with Gasteiger partial charge in [0.2, 0.25) is 0 Å². The van der Waals surface area contributed by atoms with Crippen molar-refractivity contribution >= 4 is 38.7 Å². The topological polar surface area (TPSA) is 6.48 Å². The van der Waals surface area contributed by atoms with Crippen molar-refractivity contribution in [2.24, 2.45) is 0 Å². The number of nitrogens with zero attached hydrogens (tertiary/aromatic N) is 2. The predicted octanol–water partition coefficient (Wildman–Crippen LogP) is 5.99. The first kappa shape index (κ1) is 21.7. The Bertz CT molecular complexity index is 395. The van der Waals surface area contributed by atoms with E-state index in [-0.39, 0.29) is 0 Å². The van der Waals surface area contributed by atoms with Gasteiger partial charge in [-0.1, -0.05) is 12.1 Å². The maximum atomic E-state index is 2.33. The molecule has 0 bridgehead atoms. The molecule has 0 unspecified atom stereocenters. The van der Waals surface area contributed by atoms with Crippen LogP contribution in [0.4, 0.5) is 11.4 Å². The fourth-order valence-corrected chi connectivity index (χ4v) is 12.5. The third kappa shape index (κ3) is 7.71. The molecule has 0 spiro atoms. The number of hydrogen-bond donors (Lipinski definition) is 0. The minimum Gasteiger partial charge on any atom is -0.400 e. The predicted molar refractivity (Wildman–Crippen MR) is 114 cm³/mol. The first-order chi connectivity index (χ1) is 11.6. The molecule has 2 nitrogen and oxygen atoms in total. The Hall–Kier alpha value is -0.316. The zero-order valence-corrected chi connectivity index (χ0v) is 19.5. The van der Waals surface area contributed by atoms with E-state index in [2.05, 4.69) is 76.3 Å². The number of rotatable bonds is 9. The Balaban J connectivity index is 0.000000242. The Morgan fingerprint density at radius 1 is 0.750 bits per heavy atom. The summed E-state index contributed by atoms with van der Waals surface area (Å²) < 4.78 is 5.04. The number of anilines is 2. The molecule has 0 saturated carbocycles. The van der Waals surface area contributed by atoms with Crippen LogP contribution in [0.1, 0.15) is 59.3 Å². The summed E-state index contributed by atoms with van der Waals surface area (Å²) in [5, 5.41) is 0. The van der Waals surface area contributed by atoms with Crippen LogP contribution in [0.15, 0.2) is 24.3 Å². The summed E-state index contributed by atoms with van der Waals surface area (Å²) in [6.07, 6.45) is 8.85. The zero-order valence-electron chi connectivity index (χ0n) is 16.6. The third-order valence-corrected chi connectivity index (χ3v) is 13.7. The standard InChI is InChI=1S/C8H10BN2.3C4H9.Sn/c1-10-7-5-3-4-6-8(7)11(2)9-10;3*1-3-4-2;/h3-6H,1-2H3;3*1,3-4H2,2H3;. The van der Waals surface area contributed by atoms with Gasteiger partial charge >= 0.3 is 99.9 Å². The second kappa shape index (κ2) is 13.0. The molecule has 0 aliphatic carbocycles. The normalized spacial score (nSPS) is 12.8. The number of para-hydroxylation sites is 2. The fourth-order valence-electron chi connectivity index (χ4n) is 3.10. The van der Waals surface area contributed by atoms with Crippen molar-refractivity contribution in [1.29, 1.82) is 0 Å². The molecule has 4 heteroatoms. The summed E-state index contributed by atoms with van der Waals surface area (Å²) in [6, 6.07) is 8.36. The molecule has 0 amide bonds. The van der Waals surface area contributed by atoms with Gasteiger partial charge in [0.15, 0.2) is 0 Å². The first-order valence-corrected chi connectivity index (χ1v) is 15.9. The summed E-state index contributed by atoms with van der Waals surface area (Å²) in [5.74, 6) is 0. The van der Waals surface area contributed by atoms with E-state index in [9.17, 15) is 0 Å². The van der Waals surface area contributed by atoms with Crippen molar-refractivity contribution in [3.8, 4) is 0 Å². The molecule has 0 saturated heterocycles. The molecule has 0 atom stereocenters. The third-order valence-electron chi connectivity index (χ3n) is 4.64. The molecule has 1 aliphatic heterocycles. The van der Waals surface area contributed by atoms with Gasteiger partial charge in [-0.2, -0.15) is 0 Å². The Labute approximate surface area is 159 Å². The van der Waals surface area contributed by atoms with E-state index in [1.54, 1.807) is 13.3 Å². The van der Waals surface area contributed by atoms with E-state index < -0.39 is 19.8 Å². The minimum atomic E-state index is -0.839. The van der Waals surface area contributed by atoms with Gasteiger partial charge in [0, 0.05) is 11.4 Å². The molecule has 0 N–H and O–H groups in total. The largest absolute Gasteiger partial charge is 0.400 e. The van der Waals surface area contributed by atoms with E-state index in [0.29, 0.717) is 0 Å². The van der Waals surface area contributed by atoms with Crippen molar-refractivity contribution in [3.05, 3.63) is 24.3 Å². The van der Waals surface area contributed by atoms with Gasteiger partial charge in [-0.3, -0.25) is 0 Å². The molecule has 0 fully saturated rings. The molecule has 134 valence electrons. The van der Waals surface area contributed by atoms with Gasteiger partial charge in [0.1, 0.15) is 0 Å².